The van der Waals surface area contributed by atoms with Crippen molar-refractivity contribution in [1.82, 2.24) is 4.90 Å². The number of β-lactam (4-membered cyclic amide) rings is 1. The van der Waals surface area contributed by atoms with Gasteiger partial charge >= 0.3 is 5.97 Å². The standard InChI is InChI=1S/C14H18N2O3S/c1-8-7-20-13-10(15-9-5-3-2-4-6-9)12(17)16(13)11(8)14(18)19/h10,13H,2-7H2,1H3,(H,18,19)/t10?,13-/m1/s1. The van der Waals surface area contributed by atoms with Crippen molar-refractivity contribution in [2.24, 2.45) is 4.99 Å². The molecule has 20 heavy (non-hydrogen) atoms. The number of nitrogens with zero attached hydrogens (tertiary/aromatic N) is 2. The summed E-state index contributed by atoms with van der Waals surface area (Å²) in [7, 11) is 0. The second-order valence-electron chi connectivity index (χ2n) is 5.54. The van der Waals surface area contributed by atoms with E-state index in [1.54, 1.807) is 18.7 Å². The monoisotopic (exact) mass is 294 g/mol. The van der Waals surface area contributed by atoms with Crippen molar-refractivity contribution in [2.45, 2.75) is 50.4 Å². The van der Waals surface area contributed by atoms with Gasteiger partial charge in [-0.25, -0.2) is 4.79 Å². The Morgan fingerprint density at radius 2 is 2.05 bits per heavy atom. The lowest BCUT2D eigenvalue weighted by atomic mass is 9.97. The topological polar surface area (TPSA) is 70.0 Å². The van der Waals surface area contributed by atoms with Gasteiger partial charge in [0.15, 0.2) is 6.04 Å². The Labute approximate surface area is 122 Å². The molecule has 1 saturated carbocycles. The lowest BCUT2D eigenvalue weighted by Crippen LogP contribution is -2.64. The van der Waals surface area contributed by atoms with Gasteiger partial charge in [-0.1, -0.05) is 6.42 Å². The normalized spacial score (nSPS) is 29.9. The van der Waals surface area contributed by atoms with E-state index in [0.29, 0.717) is 5.75 Å². The maximum Gasteiger partial charge on any atom is 0.352 e. The molecule has 108 valence electrons. The third kappa shape index (κ3) is 2.16. The van der Waals surface area contributed by atoms with E-state index in [0.717, 1.165) is 37.0 Å². The molecule has 1 aliphatic carbocycles. The van der Waals surface area contributed by atoms with Crippen LogP contribution >= 0.6 is 11.8 Å². The molecule has 6 heteroatoms. The second-order valence-corrected chi connectivity index (χ2v) is 6.65. The van der Waals surface area contributed by atoms with Crippen LogP contribution in [0.15, 0.2) is 16.3 Å². The van der Waals surface area contributed by atoms with Gasteiger partial charge in [-0.3, -0.25) is 14.7 Å². The first-order valence-electron chi connectivity index (χ1n) is 7.03. The molecule has 0 aromatic carbocycles. The number of hydrogen-bond acceptors (Lipinski definition) is 4. The van der Waals surface area contributed by atoms with Crippen molar-refractivity contribution >= 4 is 29.4 Å². The number of fused-ring (bicyclic) bond motifs is 1. The largest absolute Gasteiger partial charge is 0.477 e. The molecule has 3 aliphatic rings. The van der Waals surface area contributed by atoms with Crippen LogP contribution in [0.25, 0.3) is 0 Å². The number of aliphatic imine (C=N–C) groups is 1. The third-order valence-corrected chi connectivity index (χ3v) is 5.50. The number of hydrogen-bond donors (Lipinski definition) is 1. The smallest absolute Gasteiger partial charge is 0.352 e. The highest BCUT2D eigenvalue weighted by Crippen LogP contribution is 2.41. The molecule has 2 heterocycles. The van der Waals surface area contributed by atoms with Crippen LogP contribution in [0.2, 0.25) is 0 Å². The van der Waals surface area contributed by atoms with E-state index in [-0.39, 0.29) is 23.0 Å². The van der Waals surface area contributed by atoms with Crippen LogP contribution in [0.4, 0.5) is 0 Å². The fourth-order valence-corrected chi connectivity index (χ4v) is 4.30. The van der Waals surface area contributed by atoms with Gasteiger partial charge < -0.3 is 5.11 Å². The molecular formula is C14H18N2O3S. The van der Waals surface area contributed by atoms with Gasteiger partial charge in [0.1, 0.15) is 11.1 Å². The molecule has 3 rings (SSSR count). The predicted octanol–water partition coefficient (Wildman–Crippen LogP) is 2.03. The van der Waals surface area contributed by atoms with E-state index in [9.17, 15) is 14.7 Å². The van der Waals surface area contributed by atoms with Crippen molar-refractivity contribution in [3.8, 4) is 0 Å². The average molecular weight is 294 g/mol. The van der Waals surface area contributed by atoms with Crippen LogP contribution in [-0.4, -0.2) is 44.8 Å². The first kappa shape index (κ1) is 13.7. The molecule has 0 aromatic heterocycles. The van der Waals surface area contributed by atoms with Gasteiger partial charge in [-0.05, 0) is 38.2 Å². The summed E-state index contributed by atoms with van der Waals surface area (Å²) in [5.41, 5.74) is 2.06. The lowest BCUT2D eigenvalue weighted by Gasteiger charge is -2.47. The molecule has 2 aliphatic heterocycles. The number of carboxylic acids is 1. The fourth-order valence-electron chi connectivity index (χ4n) is 3.03. The number of carbonyl (C=O) groups excluding carboxylic acids is 1. The molecule has 0 radical (unpaired) electrons. The molecule has 0 spiro atoms. The summed E-state index contributed by atoms with van der Waals surface area (Å²) in [6, 6.07) is -0.365. The summed E-state index contributed by atoms with van der Waals surface area (Å²) in [5.74, 6) is -0.501. The van der Waals surface area contributed by atoms with E-state index in [1.165, 1.54) is 11.3 Å². The zero-order chi connectivity index (χ0) is 14.3. The quantitative estimate of drug-likeness (QED) is 0.791. The Hall–Kier alpha value is -1.30. The Kier molecular flexibility index (Phi) is 3.58. The minimum absolute atomic E-state index is 0.119. The van der Waals surface area contributed by atoms with E-state index in [2.05, 4.69) is 4.99 Å². The van der Waals surface area contributed by atoms with E-state index >= 15 is 0 Å². The summed E-state index contributed by atoms with van der Waals surface area (Å²) in [4.78, 5) is 29.6. The lowest BCUT2D eigenvalue weighted by molar-refractivity contribution is -0.147. The Morgan fingerprint density at radius 1 is 1.35 bits per heavy atom. The van der Waals surface area contributed by atoms with Crippen LogP contribution < -0.4 is 0 Å². The minimum atomic E-state index is -1.01. The van der Waals surface area contributed by atoms with Crippen LogP contribution in [0.3, 0.4) is 0 Å². The predicted molar refractivity (Wildman–Crippen MR) is 77.7 cm³/mol. The number of aliphatic carboxylic acids is 1. The molecule has 2 fully saturated rings. The first-order valence-corrected chi connectivity index (χ1v) is 8.07. The molecule has 1 saturated heterocycles. The number of carboxylic acid groups (broad SMARTS) is 1. The van der Waals surface area contributed by atoms with Crippen molar-refractivity contribution in [3.63, 3.8) is 0 Å². The van der Waals surface area contributed by atoms with E-state index in [1.807, 2.05) is 0 Å². The summed E-state index contributed by atoms with van der Waals surface area (Å²) >= 11 is 1.62. The van der Waals surface area contributed by atoms with Gasteiger partial charge in [0, 0.05) is 11.5 Å². The van der Waals surface area contributed by atoms with Crippen LogP contribution in [0.1, 0.15) is 39.0 Å². The molecule has 1 unspecified atom stereocenters. The minimum Gasteiger partial charge on any atom is -0.477 e. The molecule has 2 atom stereocenters. The van der Waals surface area contributed by atoms with Gasteiger partial charge in [0.25, 0.3) is 5.91 Å². The van der Waals surface area contributed by atoms with E-state index in [4.69, 9.17) is 0 Å². The van der Waals surface area contributed by atoms with Gasteiger partial charge in [-0.15, -0.1) is 11.8 Å². The highest BCUT2D eigenvalue weighted by molar-refractivity contribution is 8.00. The maximum absolute atomic E-state index is 12.2. The first-order chi connectivity index (χ1) is 9.59. The Morgan fingerprint density at radius 3 is 2.70 bits per heavy atom. The van der Waals surface area contributed by atoms with Crippen molar-refractivity contribution in [3.05, 3.63) is 11.3 Å². The van der Waals surface area contributed by atoms with Crippen molar-refractivity contribution < 1.29 is 14.7 Å². The van der Waals surface area contributed by atoms with Crippen LogP contribution in [-0.2, 0) is 9.59 Å². The summed E-state index contributed by atoms with van der Waals surface area (Å²) < 4.78 is 0. The Bertz CT molecular complexity index is 519. The molecule has 0 aromatic rings. The number of rotatable bonds is 2. The molecule has 1 amide bonds. The third-order valence-electron chi connectivity index (χ3n) is 4.09. The summed E-state index contributed by atoms with van der Waals surface area (Å²) in [6.45, 7) is 1.78. The van der Waals surface area contributed by atoms with Gasteiger partial charge in [0.05, 0.1) is 0 Å². The molecule has 5 nitrogen and oxygen atoms in total. The van der Waals surface area contributed by atoms with Crippen molar-refractivity contribution in [1.29, 1.82) is 0 Å². The zero-order valence-corrected chi connectivity index (χ0v) is 12.3. The van der Waals surface area contributed by atoms with E-state index < -0.39 is 5.97 Å². The molecule has 0 bridgehead atoms. The molecular weight excluding hydrogens is 276 g/mol. The SMILES string of the molecule is CC1=C(C(=O)O)N2C(=O)C(N=C3CCCCC3)[C@H]2SC1. The highest BCUT2D eigenvalue weighted by atomic mass is 32.2. The number of amides is 1. The Balaban J connectivity index is 1.80. The van der Waals surface area contributed by atoms with Gasteiger partial charge in [-0.2, -0.15) is 0 Å². The van der Waals surface area contributed by atoms with Crippen LogP contribution in [0, 0.1) is 0 Å². The van der Waals surface area contributed by atoms with Crippen LogP contribution in [0.5, 0.6) is 0 Å². The molecule has 1 N–H and O–H groups in total. The maximum atomic E-state index is 12.2. The summed E-state index contributed by atoms with van der Waals surface area (Å²) in [5, 5.41) is 9.14. The highest BCUT2D eigenvalue weighted by Gasteiger charge is 2.53. The zero-order valence-electron chi connectivity index (χ0n) is 11.5. The summed E-state index contributed by atoms with van der Waals surface area (Å²) in [6.07, 6.45) is 5.53. The number of carbonyl (C=O) groups is 2. The van der Waals surface area contributed by atoms with Crippen molar-refractivity contribution in [2.75, 3.05) is 5.75 Å². The fraction of sp³-hybridized carbons (Fsp3) is 0.643. The number of thioether (sulfide) groups is 1. The van der Waals surface area contributed by atoms with Gasteiger partial charge in [0.2, 0.25) is 0 Å². The average Bonchev–Trinajstić information content (AvgIpc) is 2.45. The second kappa shape index (κ2) is 5.24.